The zero-order chi connectivity index (χ0) is 24.1. The fourth-order valence-electron chi connectivity index (χ4n) is 3.52. The van der Waals surface area contributed by atoms with Crippen LogP contribution < -0.4 is 19.1 Å². The second-order valence-electron chi connectivity index (χ2n) is 7.73. The lowest BCUT2D eigenvalue weighted by molar-refractivity contribution is -0.113. The maximum atomic E-state index is 13.0. The molecule has 1 saturated heterocycles. The van der Waals surface area contributed by atoms with Gasteiger partial charge in [-0.25, -0.2) is 0 Å². The highest BCUT2D eigenvalue weighted by molar-refractivity contribution is 8.27. The van der Waals surface area contributed by atoms with Crippen LogP contribution in [0, 0.1) is 13.8 Å². The second-order valence-corrected chi connectivity index (χ2v) is 9.40. The lowest BCUT2D eigenvalue weighted by atomic mass is 10.1. The number of para-hydroxylation sites is 1. The lowest BCUT2D eigenvalue weighted by Crippen LogP contribution is -2.27. The first-order valence-electron chi connectivity index (χ1n) is 10.8. The third-order valence-corrected chi connectivity index (χ3v) is 6.53. The minimum Gasteiger partial charge on any atom is -0.493 e. The van der Waals surface area contributed by atoms with E-state index in [0.717, 1.165) is 28.1 Å². The number of methoxy groups -OCH3 is 1. The number of aryl methyl sites for hydroxylation is 2. The molecule has 0 unspecified atom stereocenters. The first-order chi connectivity index (χ1) is 16.5. The van der Waals surface area contributed by atoms with Crippen LogP contribution in [0.25, 0.3) is 6.08 Å². The molecule has 0 aliphatic carbocycles. The maximum Gasteiger partial charge on any atom is 0.270 e. The van der Waals surface area contributed by atoms with Crippen molar-refractivity contribution in [3.8, 4) is 17.2 Å². The van der Waals surface area contributed by atoms with Gasteiger partial charge in [-0.05, 0) is 66.9 Å². The molecule has 3 aromatic carbocycles. The number of anilines is 1. The van der Waals surface area contributed by atoms with Crippen molar-refractivity contribution in [3.63, 3.8) is 0 Å². The third-order valence-electron chi connectivity index (χ3n) is 5.23. The molecule has 1 fully saturated rings. The summed E-state index contributed by atoms with van der Waals surface area (Å²) >= 11 is 6.77. The predicted octanol–water partition coefficient (Wildman–Crippen LogP) is 6.18. The molecule has 4 rings (SSSR count). The summed E-state index contributed by atoms with van der Waals surface area (Å²) in [6, 6.07) is 21.2. The summed E-state index contributed by atoms with van der Waals surface area (Å²) in [5.74, 6) is 1.91. The Morgan fingerprint density at radius 1 is 0.912 bits per heavy atom. The maximum absolute atomic E-state index is 13.0. The van der Waals surface area contributed by atoms with E-state index < -0.39 is 0 Å². The van der Waals surface area contributed by atoms with Crippen molar-refractivity contribution in [2.75, 3.05) is 25.2 Å². The lowest BCUT2D eigenvalue weighted by Gasteiger charge is -2.15. The van der Waals surface area contributed by atoms with Crippen LogP contribution in [0.1, 0.15) is 16.7 Å². The second kappa shape index (κ2) is 10.8. The Morgan fingerprint density at radius 2 is 1.68 bits per heavy atom. The van der Waals surface area contributed by atoms with Crippen LogP contribution in [-0.2, 0) is 4.79 Å². The largest absolute Gasteiger partial charge is 0.493 e. The highest BCUT2D eigenvalue weighted by Crippen LogP contribution is 2.37. The van der Waals surface area contributed by atoms with Gasteiger partial charge in [-0.2, -0.15) is 0 Å². The molecule has 0 bridgehead atoms. The molecule has 7 heteroatoms. The number of thioether (sulfide) groups is 1. The van der Waals surface area contributed by atoms with Gasteiger partial charge >= 0.3 is 0 Å². The van der Waals surface area contributed by atoms with Gasteiger partial charge in [0, 0.05) is 0 Å². The van der Waals surface area contributed by atoms with Crippen LogP contribution in [0.4, 0.5) is 5.69 Å². The van der Waals surface area contributed by atoms with Gasteiger partial charge in [0.1, 0.15) is 19.0 Å². The average molecular weight is 492 g/mol. The van der Waals surface area contributed by atoms with E-state index in [1.807, 2.05) is 86.7 Å². The molecule has 0 radical (unpaired) electrons. The van der Waals surface area contributed by atoms with Crippen LogP contribution in [0.3, 0.4) is 0 Å². The van der Waals surface area contributed by atoms with E-state index >= 15 is 0 Å². The van der Waals surface area contributed by atoms with E-state index in [1.54, 1.807) is 12.0 Å². The van der Waals surface area contributed by atoms with E-state index in [-0.39, 0.29) is 5.91 Å². The van der Waals surface area contributed by atoms with E-state index in [9.17, 15) is 4.79 Å². The molecule has 5 nitrogen and oxygen atoms in total. The molecule has 1 aliphatic rings. The number of carbonyl (C=O) groups is 1. The minimum atomic E-state index is -0.131. The van der Waals surface area contributed by atoms with E-state index in [1.165, 1.54) is 11.8 Å². The summed E-state index contributed by atoms with van der Waals surface area (Å²) in [4.78, 5) is 15.2. The van der Waals surface area contributed by atoms with E-state index in [2.05, 4.69) is 0 Å². The number of nitrogens with zero attached hydrogens (tertiary/aromatic N) is 1. The first-order valence-corrected chi connectivity index (χ1v) is 12.0. The van der Waals surface area contributed by atoms with Crippen LogP contribution in [0.5, 0.6) is 17.2 Å². The van der Waals surface area contributed by atoms with Gasteiger partial charge in [0.05, 0.1) is 17.7 Å². The summed E-state index contributed by atoms with van der Waals surface area (Å²) < 4.78 is 17.7. The first kappa shape index (κ1) is 23.9. The number of hydrogen-bond donors (Lipinski definition) is 0. The molecule has 0 aromatic heterocycles. The number of thiocarbonyl (C=S) groups is 1. The van der Waals surface area contributed by atoms with Crippen LogP contribution in [0.2, 0.25) is 0 Å². The van der Waals surface area contributed by atoms with E-state index in [0.29, 0.717) is 33.9 Å². The van der Waals surface area contributed by atoms with Crippen molar-refractivity contribution in [2.45, 2.75) is 13.8 Å². The topological polar surface area (TPSA) is 48.0 Å². The zero-order valence-electron chi connectivity index (χ0n) is 19.2. The summed E-state index contributed by atoms with van der Waals surface area (Å²) in [5.41, 5.74) is 3.75. The molecule has 0 N–H and O–H groups in total. The third kappa shape index (κ3) is 5.43. The van der Waals surface area contributed by atoms with Gasteiger partial charge in [-0.3, -0.25) is 9.69 Å². The fourth-order valence-corrected chi connectivity index (χ4v) is 4.82. The SMILES string of the molecule is COc1cc(/C=C2\SC(=S)N(c3cccc(C)c3)C2=O)ccc1OCCOc1ccccc1C. The number of benzene rings is 3. The Kier molecular flexibility index (Phi) is 7.55. The number of rotatable bonds is 8. The molecule has 0 spiro atoms. The van der Waals surface area contributed by atoms with Crippen molar-refractivity contribution < 1.29 is 19.0 Å². The van der Waals surface area contributed by atoms with Crippen molar-refractivity contribution in [3.05, 3.63) is 88.3 Å². The van der Waals surface area contributed by atoms with Crippen molar-refractivity contribution in [1.29, 1.82) is 0 Å². The molecule has 0 atom stereocenters. The van der Waals surface area contributed by atoms with Crippen molar-refractivity contribution >= 4 is 46.0 Å². The fraction of sp³-hybridized carbons (Fsp3) is 0.185. The molecule has 34 heavy (non-hydrogen) atoms. The molecule has 174 valence electrons. The summed E-state index contributed by atoms with van der Waals surface area (Å²) in [6.45, 7) is 4.78. The molecular weight excluding hydrogens is 466 g/mol. The molecule has 0 saturated carbocycles. The van der Waals surface area contributed by atoms with Gasteiger partial charge in [0.2, 0.25) is 0 Å². The van der Waals surface area contributed by atoms with Gasteiger partial charge in [0.15, 0.2) is 15.8 Å². The van der Waals surface area contributed by atoms with Crippen molar-refractivity contribution in [1.82, 2.24) is 0 Å². The minimum absolute atomic E-state index is 0.131. The molecule has 1 heterocycles. The highest BCUT2D eigenvalue weighted by Gasteiger charge is 2.33. The molecular formula is C27H25NO4S2. The molecule has 3 aromatic rings. The Bertz CT molecular complexity index is 1250. The predicted molar refractivity (Wildman–Crippen MR) is 142 cm³/mol. The Morgan fingerprint density at radius 3 is 2.41 bits per heavy atom. The molecule has 1 amide bonds. The van der Waals surface area contributed by atoms with E-state index in [4.69, 9.17) is 26.4 Å². The highest BCUT2D eigenvalue weighted by atomic mass is 32.2. The number of ether oxygens (including phenoxy) is 3. The zero-order valence-corrected chi connectivity index (χ0v) is 20.9. The summed E-state index contributed by atoms with van der Waals surface area (Å²) in [5, 5.41) is 0. The van der Waals surface area contributed by atoms with Crippen LogP contribution in [0.15, 0.2) is 71.6 Å². The normalized spacial score (nSPS) is 14.6. The van der Waals surface area contributed by atoms with Gasteiger partial charge < -0.3 is 14.2 Å². The Balaban J connectivity index is 1.43. The Labute approximate surface area is 209 Å². The quantitative estimate of drug-likeness (QED) is 0.213. The smallest absolute Gasteiger partial charge is 0.270 e. The van der Waals surface area contributed by atoms with Crippen LogP contribution in [-0.4, -0.2) is 30.6 Å². The van der Waals surface area contributed by atoms with Gasteiger partial charge in [-0.1, -0.05) is 60.4 Å². The van der Waals surface area contributed by atoms with Crippen molar-refractivity contribution in [2.24, 2.45) is 0 Å². The summed E-state index contributed by atoms with van der Waals surface area (Å²) in [7, 11) is 1.59. The Hall–Kier alpha value is -3.29. The number of amides is 1. The van der Waals surface area contributed by atoms with Crippen LogP contribution >= 0.6 is 24.0 Å². The molecule has 1 aliphatic heterocycles. The van der Waals surface area contributed by atoms with Gasteiger partial charge in [0.25, 0.3) is 5.91 Å². The van der Waals surface area contributed by atoms with Gasteiger partial charge in [-0.15, -0.1) is 0 Å². The number of carbonyl (C=O) groups excluding carboxylic acids is 1. The summed E-state index contributed by atoms with van der Waals surface area (Å²) in [6.07, 6.45) is 1.82. The number of hydrogen-bond acceptors (Lipinski definition) is 6. The standard InChI is InChI=1S/C27H25NO4S2/c1-18-7-6-9-21(15-18)28-26(29)25(34-27(28)33)17-20-11-12-23(24(16-20)30-3)32-14-13-31-22-10-5-4-8-19(22)2/h4-12,15-17H,13-14H2,1-3H3/b25-17-. The monoisotopic (exact) mass is 491 g/mol. The average Bonchev–Trinajstić information content (AvgIpc) is 3.10.